The van der Waals surface area contributed by atoms with Gasteiger partial charge in [0.05, 0.1) is 26.6 Å². The number of aryl methyl sites for hydroxylation is 1. The Morgan fingerprint density at radius 3 is 2.85 bits per heavy atom. The maximum Gasteiger partial charge on any atom is 0.137 e. The van der Waals surface area contributed by atoms with Crippen molar-refractivity contribution in [2.75, 3.05) is 13.1 Å². The zero-order valence-corrected chi connectivity index (χ0v) is 16.0. The first-order valence-electron chi connectivity index (χ1n) is 9.38. The number of pyridine rings is 1. The number of thiazole rings is 1. The van der Waals surface area contributed by atoms with Crippen molar-refractivity contribution in [1.82, 2.24) is 19.3 Å². The molecule has 1 aliphatic heterocycles. The summed E-state index contributed by atoms with van der Waals surface area (Å²) in [6, 6.07) is 11.0. The van der Waals surface area contributed by atoms with E-state index in [1.807, 2.05) is 12.1 Å². The Labute approximate surface area is 161 Å². The molecule has 4 heterocycles. The van der Waals surface area contributed by atoms with Crippen LogP contribution in [0.2, 0.25) is 0 Å². The average molecular weight is 380 g/mol. The molecule has 6 heteroatoms. The number of hydrogen-bond acceptors (Lipinski definition) is 4. The molecule has 1 fully saturated rings. The standard InChI is InChI=1S/C21H21FN4S/c1-14-18(26-9-3-2-4-20(26)23-14)13-25-10-7-15(8-11-25)21-24-17-12-16(22)5-6-19(17)27-21/h2-6,9,12,15H,7-8,10-11,13H2,1H3. The van der Waals surface area contributed by atoms with Crippen molar-refractivity contribution in [3.05, 3.63) is 64.8 Å². The molecule has 0 saturated carbocycles. The van der Waals surface area contributed by atoms with Crippen LogP contribution in [-0.4, -0.2) is 32.4 Å². The van der Waals surface area contributed by atoms with Gasteiger partial charge in [-0.05, 0) is 57.1 Å². The number of fused-ring (bicyclic) bond motifs is 2. The summed E-state index contributed by atoms with van der Waals surface area (Å²) in [7, 11) is 0. The van der Waals surface area contributed by atoms with Gasteiger partial charge in [-0.3, -0.25) is 4.90 Å². The Balaban J connectivity index is 1.30. The number of piperidine rings is 1. The lowest BCUT2D eigenvalue weighted by atomic mass is 9.97. The van der Waals surface area contributed by atoms with E-state index < -0.39 is 0 Å². The van der Waals surface area contributed by atoms with E-state index in [1.165, 1.54) is 17.8 Å². The summed E-state index contributed by atoms with van der Waals surface area (Å²) in [6.07, 6.45) is 4.29. The molecule has 4 nitrogen and oxygen atoms in total. The van der Waals surface area contributed by atoms with Crippen molar-refractivity contribution in [2.24, 2.45) is 0 Å². The fourth-order valence-electron chi connectivity index (χ4n) is 4.00. The summed E-state index contributed by atoms with van der Waals surface area (Å²) in [5.74, 6) is 0.266. The van der Waals surface area contributed by atoms with Gasteiger partial charge in [-0.1, -0.05) is 6.07 Å². The number of halogens is 1. The minimum Gasteiger partial charge on any atom is -0.302 e. The van der Waals surface area contributed by atoms with Crippen LogP contribution in [0.15, 0.2) is 42.6 Å². The molecule has 0 atom stereocenters. The number of nitrogens with zero attached hydrogens (tertiary/aromatic N) is 4. The fraction of sp³-hybridized carbons (Fsp3) is 0.333. The van der Waals surface area contributed by atoms with Crippen molar-refractivity contribution < 1.29 is 4.39 Å². The predicted octanol–water partition coefficient (Wildman–Crippen LogP) is 4.77. The molecule has 0 unspecified atom stereocenters. The highest BCUT2D eigenvalue weighted by Crippen LogP contribution is 2.34. The van der Waals surface area contributed by atoms with E-state index in [2.05, 4.69) is 39.5 Å². The lowest BCUT2D eigenvalue weighted by molar-refractivity contribution is 0.201. The molecule has 0 aliphatic carbocycles. The molecule has 138 valence electrons. The summed E-state index contributed by atoms with van der Waals surface area (Å²) < 4.78 is 16.7. The Hall–Kier alpha value is -2.31. The summed E-state index contributed by atoms with van der Waals surface area (Å²) in [5.41, 5.74) is 4.19. The van der Waals surface area contributed by atoms with Gasteiger partial charge in [0.1, 0.15) is 11.5 Å². The molecular weight excluding hydrogens is 359 g/mol. The molecule has 0 N–H and O–H groups in total. The molecular formula is C21H21FN4S. The Kier molecular flexibility index (Phi) is 4.17. The van der Waals surface area contributed by atoms with Gasteiger partial charge in [-0.2, -0.15) is 0 Å². The molecule has 1 aliphatic rings. The topological polar surface area (TPSA) is 33.4 Å². The van der Waals surface area contributed by atoms with Crippen LogP contribution < -0.4 is 0 Å². The lowest BCUT2D eigenvalue weighted by Gasteiger charge is -2.31. The molecule has 0 bridgehead atoms. The van der Waals surface area contributed by atoms with Crippen molar-refractivity contribution >= 4 is 27.2 Å². The zero-order chi connectivity index (χ0) is 18.4. The average Bonchev–Trinajstić information content (AvgIpc) is 3.23. The van der Waals surface area contributed by atoms with Crippen LogP contribution >= 0.6 is 11.3 Å². The Morgan fingerprint density at radius 2 is 2.00 bits per heavy atom. The van der Waals surface area contributed by atoms with Crippen molar-refractivity contribution in [2.45, 2.75) is 32.2 Å². The molecule has 3 aromatic heterocycles. The number of likely N-dealkylation sites (tertiary alicyclic amines) is 1. The Bertz CT molecular complexity index is 1110. The highest BCUT2D eigenvalue weighted by molar-refractivity contribution is 7.18. The second-order valence-electron chi connectivity index (χ2n) is 7.29. The minimum absolute atomic E-state index is 0.211. The second-order valence-corrected chi connectivity index (χ2v) is 8.35. The summed E-state index contributed by atoms with van der Waals surface area (Å²) >= 11 is 1.71. The van der Waals surface area contributed by atoms with Gasteiger partial charge in [-0.25, -0.2) is 14.4 Å². The highest BCUT2D eigenvalue weighted by Gasteiger charge is 2.24. The SMILES string of the molecule is Cc1nc2ccccn2c1CN1CCC(c2nc3cc(F)ccc3s2)CC1. The van der Waals surface area contributed by atoms with E-state index in [0.29, 0.717) is 5.92 Å². The van der Waals surface area contributed by atoms with Gasteiger partial charge < -0.3 is 4.40 Å². The largest absolute Gasteiger partial charge is 0.302 e. The minimum atomic E-state index is -0.211. The lowest BCUT2D eigenvalue weighted by Crippen LogP contribution is -2.33. The summed E-state index contributed by atoms with van der Waals surface area (Å²) in [4.78, 5) is 11.9. The van der Waals surface area contributed by atoms with Gasteiger partial charge in [0.2, 0.25) is 0 Å². The van der Waals surface area contributed by atoms with E-state index in [0.717, 1.165) is 59.0 Å². The second kappa shape index (κ2) is 6.69. The predicted molar refractivity (Wildman–Crippen MR) is 107 cm³/mol. The van der Waals surface area contributed by atoms with E-state index in [1.54, 1.807) is 11.3 Å². The molecule has 0 amide bonds. The van der Waals surface area contributed by atoms with Gasteiger partial charge in [0.15, 0.2) is 0 Å². The van der Waals surface area contributed by atoms with Crippen LogP contribution in [0.4, 0.5) is 4.39 Å². The maximum absolute atomic E-state index is 13.4. The summed E-state index contributed by atoms with van der Waals surface area (Å²) in [5, 5.41) is 1.15. The maximum atomic E-state index is 13.4. The highest BCUT2D eigenvalue weighted by atomic mass is 32.1. The van der Waals surface area contributed by atoms with Crippen molar-refractivity contribution in [1.29, 1.82) is 0 Å². The van der Waals surface area contributed by atoms with Crippen LogP contribution in [0.3, 0.4) is 0 Å². The smallest absolute Gasteiger partial charge is 0.137 e. The van der Waals surface area contributed by atoms with Crippen LogP contribution in [0.25, 0.3) is 15.9 Å². The first kappa shape index (κ1) is 16.8. The van der Waals surface area contributed by atoms with Crippen molar-refractivity contribution in [3.8, 4) is 0 Å². The van der Waals surface area contributed by atoms with Crippen LogP contribution in [0.1, 0.15) is 35.2 Å². The molecule has 0 spiro atoms. The van der Waals surface area contributed by atoms with Crippen molar-refractivity contribution in [3.63, 3.8) is 0 Å². The van der Waals surface area contributed by atoms with E-state index in [9.17, 15) is 4.39 Å². The van der Waals surface area contributed by atoms with E-state index >= 15 is 0 Å². The normalized spacial score (nSPS) is 16.5. The zero-order valence-electron chi connectivity index (χ0n) is 15.2. The number of imidazole rings is 1. The van der Waals surface area contributed by atoms with E-state index in [-0.39, 0.29) is 5.82 Å². The monoisotopic (exact) mass is 380 g/mol. The van der Waals surface area contributed by atoms with E-state index in [4.69, 9.17) is 4.98 Å². The molecule has 1 saturated heterocycles. The fourth-order valence-corrected chi connectivity index (χ4v) is 5.11. The molecule has 0 radical (unpaired) electrons. The number of hydrogen-bond donors (Lipinski definition) is 0. The molecule has 5 rings (SSSR count). The molecule has 1 aromatic carbocycles. The van der Waals surface area contributed by atoms with Crippen LogP contribution in [0.5, 0.6) is 0 Å². The first-order valence-corrected chi connectivity index (χ1v) is 10.2. The number of aromatic nitrogens is 3. The number of rotatable bonds is 3. The third-order valence-electron chi connectivity index (χ3n) is 5.51. The third-order valence-corrected chi connectivity index (χ3v) is 6.70. The third kappa shape index (κ3) is 3.13. The Morgan fingerprint density at radius 1 is 1.15 bits per heavy atom. The number of benzene rings is 1. The quantitative estimate of drug-likeness (QED) is 0.513. The van der Waals surface area contributed by atoms with Gasteiger partial charge >= 0.3 is 0 Å². The van der Waals surface area contributed by atoms with Gasteiger partial charge in [0.25, 0.3) is 0 Å². The van der Waals surface area contributed by atoms with Gasteiger partial charge in [-0.15, -0.1) is 11.3 Å². The van der Waals surface area contributed by atoms with Gasteiger partial charge in [0, 0.05) is 24.7 Å². The molecule has 4 aromatic rings. The molecule has 27 heavy (non-hydrogen) atoms. The van der Waals surface area contributed by atoms with Crippen LogP contribution in [-0.2, 0) is 6.54 Å². The first-order chi connectivity index (χ1) is 13.2. The van der Waals surface area contributed by atoms with Crippen LogP contribution in [0, 0.1) is 12.7 Å². The summed E-state index contributed by atoms with van der Waals surface area (Å²) in [6.45, 7) is 5.12.